The third kappa shape index (κ3) is 4.66. The van der Waals surface area contributed by atoms with Crippen molar-refractivity contribution < 1.29 is 18.3 Å². The largest absolute Gasteiger partial charge is 0.385 e. The van der Waals surface area contributed by atoms with E-state index in [-0.39, 0.29) is 11.5 Å². The predicted molar refractivity (Wildman–Crippen MR) is 46.5 cm³/mol. The Bertz CT molecular complexity index is 262. The van der Waals surface area contributed by atoms with E-state index in [9.17, 15) is 13.6 Å². The van der Waals surface area contributed by atoms with Crippen LogP contribution in [0.1, 0.15) is 29.7 Å². The molecule has 6 heteroatoms. The summed E-state index contributed by atoms with van der Waals surface area (Å²) in [4.78, 5) is 15.4. The second-order valence-corrected chi connectivity index (χ2v) is 2.22. The number of aromatic nitrogens is 2. The zero-order valence-electron chi connectivity index (χ0n) is 7.96. The number of alkyl halides is 2. The van der Waals surface area contributed by atoms with E-state index in [4.69, 9.17) is 0 Å². The molecule has 14 heavy (non-hydrogen) atoms. The Morgan fingerprint density at radius 1 is 1.71 bits per heavy atom. The molecule has 4 nitrogen and oxygen atoms in total. The number of methoxy groups -OCH3 is 1. The molecule has 0 atom stereocenters. The highest BCUT2D eigenvalue weighted by Crippen LogP contribution is 2.14. The number of aromatic amines is 1. The van der Waals surface area contributed by atoms with E-state index in [1.807, 2.05) is 6.92 Å². The summed E-state index contributed by atoms with van der Waals surface area (Å²) >= 11 is 0. The summed E-state index contributed by atoms with van der Waals surface area (Å²) in [5.41, 5.74) is -0.331. The maximum atomic E-state index is 11.7. The Hall–Kier alpha value is -1.30. The number of hydrogen-bond acceptors (Lipinski definition) is 3. The predicted octanol–water partition coefficient (Wildman–Crippen LogP) is 1.81. The van der Waals surface area contributed by atoms with Crippen LogP contribution >= 0.6 is 0 Å². The fourth-order valence-corrected chi connectivity index (χ4v) is 0.522. The molecule has 1 rings (SSSR count). The summed E-state index contributed by atoms with van der Waals surface area (Å²) < 4.78 is 28.0. The first-order valence-electron chi connectivity index (χ1n) is 3.92. The summed E-state index contributed by atoms with van der Waals surface area (Å²) in [6, 6.07) is 0. The normalized spacial score (nSPS) is 9.50. The summed E-state index contributed by atoms with van der Waals surface area (Å²) in [6.45, 7) is 2.78. The minimum absolute atomic E-state index is 0.0738. The highest BCUT2D eigenvalue weighted by atomic mass is 19.3. The van der Waals surface area contributed by atoms with Gasteiger partial charge in [0, 0.05) is 13.7 Å². The van der Waals surface area contributed by atoms with Crippen molar-refractivity contribution >= 4 is 6.29 Å². The molecule has 0 saturated carbocycles. The Kier molecular flexibility index (Phi) is 6.47. The van der Waals surface area contributed by atoms with Crippen LogP contribution < -0.4 is 0 Å². The van der Waals surface area contributed by atoms with Crippen LogP contribution in [-0.2, 0) is 4.74 Å². The van der Waals surface area contributed by atoms with Crippen molar-refractivity contribution in [3.05, 3.63) is 17.7 Å². The van der Waals surface area contributed by atoms with Crippen LogP contribution in [0, 0.1) is 0 Å². The van der Waals surface area contributed by atoms with Crippen LogP contribution in [0.4, 0.5) is 8.78 Å². The molecule has 0 bridgehead atoms. The number of halogens is 2. The molecule has 0 spiro atoms. The van der Waals surface area contributed by atoms with Crippen LogP contribution in [0.25, 0.3) is 0 Å². The van der Waals surface area contributed by atoms with Gasteiger partial charge in [-0.1, -0.05) is 0 Å². The summed E-state index contributed by atoms with van der Waals surface area (Å²) in [5.74, 6) is -0.0738. The Labute approximate surface area is 80.3 Å². The minimum Gasteiger partial charge on any atom is -0.385 e. The average molecular weight is 206 g/mol. The van der Waals surface area contributed by atoms with Gasteiger partial charge in [-0.15, -0.1) is 0 Å². The first-order valence-corrected chi connectivity index (χ1v) is 3.92. The van der Waals surface area contributed by atoms with Crippen LogP contribution in [-0.4, -0.2) is 30.0 Å². The lowest BCUT2D eigenvalue weighted by atomic mass is 10.5. The SMILES string of the molecule is CCOC.O=Cc1ncc(C(F)F)[nH]1. The van der Waals surface area contributed by atoms with Gasteiger partial charge < -0.3 is 9.72 Å². The number of ether oxygens (including phenoxy) is 1. The highest BCUT2D eigenvalue weighted by molar-refractivity contribution is 5.68. The van der Waals surface area contributed by atoms with Gasteiger partial charge in [-0.2, -0.15) is 0 Å². The number of H-pyrrole nitrogens is 1. The molecule has 80 valence electrons. The van der Waals surface area contributed by atoms with Gasteiger partial charge in [0.1, 0.15) is 5.69 Å². The molecule has 1 aromatic rings. The number of carbonyl (C=O) groups excluding carboxylic acids is 1. The van der Waals surface area contributed by atoms with E-state index >= 15 is 0 Å². The second kappa shape index (κ2) is 7.14. The lowest BCUT2D eigenvalue weighted by Gasteiger charge is -1.88. The Balaban J connectivity index is 0.000000364. The van der Waals surface area contributed by atoms with Crippen molar-refractivity contribution in [2.75, 3.05) is 13.7 Å². The smallest absolute Gasteiger partial charge is 0.279 e. The van der Waals surface area contributed by atoms with Gasteiger partial charge in [0.05, 0.1) is 6.20 Å². The molecule has 1 aromatic heterocycles. The third-order valence-corrected chi connectivity index (χ3v) is 1.25. The van der Waals surface area contributed by atoms with Crippen molar-refractivity contribution in [3.63, 3.8) is 0 Å². The van der Waals surface area contributed by atoms with Crippen LogP contribution in [0.3, 0.4) is 0 Å². The molecule has 0 aromatic carbocycles. The van der Waals surface area contributed by atoms with E-state index < -0.39 is 6.43 Å². The first-order chi connectivity index (χ1) is 6.65. The number of nitrogens with one attached hydrogen (secondary N) is 1. The molecule has 0 aliphatic heterocycles. The number of carbonyl (C=O) groups is 1. The quantitative estimate of drug-likeness (QED) is 0.767. The molecule has 1 N–H and O–H groups in total. The second-order valence-electron chi connectivity index (χ2n) is 2.22. The van der Waals surface area contributed by atoms with Gasteiger partial charge >= 0.3 is 0 Å². The van der Waals surface area contributed by atoms with E-state index in [1.165, 1.54) is 0 Å². The van der Waals surface area contributed by atoms with Gasteiger partial charge in [0.2, 0.25) is 0 Å². The standard InChI is InChI=1S/C5H4F2N2O.C3H8O/c6-5(7)3-1-8-4(2-10)9-3;1-3-4-2/h1-2,5H,(H,8,9);3H2,1-2H3. The van der Waals surface area contributed by atoms with Gasteiger partial charge in [-0.05, 0) is 6.92 Å². The van der Waals surface area contributed by atoms with Crippen molar-refractivity contribution in [1.29, 1.82) is 0 Å². The molecule has 0 amide bonds. The molecule has 0 radical (unpaired) electrons. The minimum atomic E-state index is -2.60. The average Bonchev–Trinajstić information content (AvgIpc) is 2.66. The number of hydrogen-bond donors (Lipinski definition) is 1. The van der Waals surface area contributed by atoms with Gasteiger partial charge in [-0.3, -0.25) is 4.79 Å². The lowest BCUT2D eigenvalue weighted by molar-refractivity contribution is 0.111. The van der Waals surface area contributed by atoms with E-state index in [1.54, 1.807) is 7.11 Å². The fraction of sp³-hybridized carbons (Fsp3) is 0.500. The zero-order chi connectivity index (χ0) is 11.0. The fourth-order valence-electron chi connectivity index (χ4n) is 0.522. The van der Waals surface area contributed by atoms with Crippen molar-refractivity contribution in [2.24, 2.45) is 0 Å². The molecule has 1 heterocycles. The monoisotopic (exact) mass is 206 g/mol. The maximum absolute atomic E-state index is 11.7. The van der Waals surface area contributed by atoms with Crippen molar-refractivity contribution in [1.82, 2.24) is 9.97 Å². The van der Waals surface area contributed by atoms with Crippen LogP contribution in [0.5, 0.6) is 0 Å². The van der Waals surface area contributed by atoms with Crippen molar-refractivity contribution in [3.8, 4) is 0 Å². The number of aldehydes is 1. The summed E-state index contributed by atoms with van der Waals surface area (Å²) in [5, 5.41) is 0. The van der Waals surface area contributed by atoms with Crippen molar-refractivity contribution in [2.45, 2.75) is 13.3 Å². The van der Waals surface area contributed by atoms with Gasteiger partial charge in [0.25, 0.3) is 6.43 Å². The van der Waals surface area contributed by atoms with Gasteiger partial charge in [0.15, 0.2) is 12.1 Å². The maximum Gasteiger partial charge on any atom is 0.279 e. The number of imidazole rings is 1. The van der Waals surface area contributed by atoms with Crippen LogP contribution in [0.15, 0.2) is 6.20 Å². The molecule has 0 aliphatic carbocycles. The summed E-state index contributed by atoms with van der Waals surface area (Å²) in [7, 11) is 1.68. The molecular formula is C8H12F2N2O2. The Morgan fingerprint density at radius 2 is 2.29 bits per heavy atom. The van der Waals surface area contributed by atoms with E-state index in [2.05, 4.69) is 14.7 Å². The summed E-state index contributed by atoms with van der Waals surface area (Å²) in [6.07, 6.45) is -1.28. The van der Waals surface area contributed by atoms with E-state index in [0.717, 1.165) is 12.8 Å². The Morgan fingerprint density at radius 3 is 2.50 bits per heavy atom. The lowest BCUT2D eigenvalue weighted by Crippen LogP contribution is -1.85. The highest BCUT2D eigenvalue weighted by Gasteiger charge is 2.09. The number of rotatable bonds is 3. The van der Waals surface area contributed by atoms with Gasteiger partial charge in [-0.25, -0.2) is 13.8 Å². The first kappa shape index (κ1) is 12.7. The topological polar surface area (TPSA) is 55.0 Å². The molecule has 0 aliphatic rings. The van der Waals surface area contributed by atoms with E-state index in [0.29, 0.717) is 6.29 Å². The third-order valence-electron chi connectivity index (χ3n) is 1.25. The van der Waals surface area contributed by atoms with Crippen LogP contribution in [0.2, 0.25) is 0 Å². The molecule has 0 saturated heterocycles. The zero-order valence-corrected chi connectivity index (χ0v) is 7.96. The molecule has 0 unspecified atom stereocenters. The molecular weight excluding hydrogens is 194 g/mol. The molecule has 0 fully saturated rings. The number of nitrogens with zero attached hydrogens (tertiary/aromatic N) is 1.